The molecule has 1 amide bonds. The molecule has 1 aromatic carbocycles. The number of unbranched alkanes of at least 4 members (excludes halogenated alkanes) is 7. The zero-order chi connectivity index (χ0) is 17.6. The first-order chi connectivity index (χ1) is 11.7. The number of nitrogens with one attached hydrogen (secondary N) is 1. The molecule has 1 aromatic rings. The van der Waals surface area contributed by atoms with Crippen LogP contribution in [0.25, 0.3) is 0 Å². The van der Waals surface area contributed by atoms with E-state index in [0.717, 1.165) is 30.5 Å². The molecule has 1 rings (SSSR count). The van der Waals surface area contributed by atoms with Crippen LogP contribution in [0.15, 0.2) is 29.4 Å². The van der Waals surface area contributed by atoms with E-state index in [2.05, 4.69) is 55.6 Å². The Morgan fingerprint density at radius 1 is 0.917 bits per heavy atom. The number of carbonyl (C=O) groups is 1. The van der Waals surface area contributed by atoms with E-state index < -0.39 is 0 Å². The summed E-state index contributed by atoms with van der Waals surface area (Å²) < 4.78 is 0. The predicted molar refractivity (Wildman–Crippen MR) is 103 cm³/mol. The summed E-state index contributed by atoms with van der Waals surface area (Å²) in [6, 6.07) is 8.26. The lowest BCUT2D eigenvalue weighted by molar-refractivity contribution is -0.121. The van der Waals surface area contributed by atoms with Crippen molar-refractivity contribution < 1.29 is 4.79 Å². The quantitative estimate of drug-likeness (QED) is 0.295. The van der Waals surface area contributed by atoms with Crippen LogP contribution < -0.4 is 5.43 Å². The molecule has 0 aliphatic rings. The summed E-state index contributed by atoms with van der Waals surface area (Å²) in [4.78, 5) is 11.9. The third kappa shape index (κ3) is 8.85. The molecular formula is C21H34N2O. The fraction of sp³-hybridized carbons (Fsp3) is 0.619. The molecule has 1 N–H and O–H groups in total. The normalized spacial score (nSPS) is 11.5. The molecule has 134 valence electrons. The minimum absolute atomic E-state index is 0.0269. The van der Waals surface area contributed by atoms with Gasteiger partial charge in [0.05, 0.1) is 5.71 Å². The Bertz CT molecular complexity index is 491. The van der Waals surface area contributed by atoms with Crippen molar-refractivity contribution in [3.8, 4) is 0 Å². The smallest absolute Gasteiger partial charge is 0.240 e. The Labute approximate surface area is 147 Å². The first-order valence-electron chi connectivity index (χ1n) is 9.59. The molecule has 0 heterocycles. The number of benzene rings is 1. The maximum atomic E-state index is 11.9. The molecule has 0 unspecified atom stereocenters. The molecule has 0 aliphatic heterocycles. The van der Waals surface area contributed by atoms with E-state index in [1.807, 2.05) is 0 Å². The van der Waals surface area contributed by atoms with Gasteiger partial charge < -0.3 is 0 Å². The molecule has 0 saturated carbocycles. The average molecular weight is 331 g/mol. The summed E-state index contributed by atoms with van der Waals surface area (Å²) >= 11 is 0. The summed E-state index contributed by atoms with van der Waals surface area (Å²) in [5.74, 6) is 0.0269. The van der Waals surface area contributed by atoms with Gasteiger partial charge in [0.2, 0.25) is 5.91 Å². The lowest BCUT2D eigenvalue weighted by Crippen LogP contribution is -2.19. The highest BCUT2D eigenvalue weighted by Crippen LogP contribution is 2.10. The number of hydrazone groups is 1. The fourth-order valence-corrected chi connectivity index (χ4v) is 2.70. The van der Waals surface area contributed by atoms with Crippen LogP contribution in [0.1, 0.15) is 89.2 Å². The summed E-state index contributed by atoms with van der Waals surface area (Å²) in [5.41, 5.74) is 5.95. The first-order valence-corrected chi connectivity index (χ1v) is 9.59. The van der Waals surface area contributed by atoms with E-state index in [-0.39, 0.29) is 5.91 Å². The van der Waals surface area contributed by atoms with Crippen LogP contribution in [0.4, 0.5) is 0 Å². The summed E-state index contributed by atoms with van der Waals surface area (Å²) in [5, 5.41) is 4.31. The second-order valence-electron chi connectivity index (χ2n) is 6.54. The number of rotatable bonds is 12. The van der Waals surface area contributed by atoms with Crippen molar-refractivity contribution in [2.24, 2.45) is 5.10 Å². The minimum Gasteiger partial charge on any atom is -0.273 e. The zero-order valence-electron chi connectivity index (χ0n) is 15.7. The fourth-order valence-electron chi connectivity index (χ4n) is 2.70. The van der Waals surface area contributed by atoms with Crippen LogP contribution in [0, 0.1) is 6.92 Å². The summed E-state index contributed by atoms with van der Waals surface area (Å²) in [6.07, 6.45) is 11.3. The summed E-state index contributed by atoms with van der Waals surface area (Å²) in [6.45, 7) is 6.37. The van der Waals surface area contributed by atoms with Crippen molar-refractivity contribution in [3.63, 3.8) is 0 Å². The van der Waals surface area contributed by atoms with Gasteiger partial charge in [0.15, 0.2) is 0 Å². The van der Waals surface area contributed by atoms with Gasteiger partial charge in [-0.3, -0.25) is 4.79 Å². The second kappa shape index (κ2) is 12.7. The standard InChI is InChI=1S/C21H34N2O/c1-4-6-7-8-9-10-11-12-13-21(24)23-22-20(5-2)19-16-14-18(3)15-17-19/h14-17H,4-13H2,1-3H3,(H,23,24). The lowest BCUT2D eigenvalue weighted by atomic mass is 10.1. The van der Waals surface area contributed by atoms with Crippen molar-refractivity contribution in [3.05, 3.63) is 35.4 Å². The molecule has 0 spiro atoms. The topological polar surface area (TPSA) is 41.5 Å². The van der Waals surface area contributed by atoms with Crippen LogP contribution in [-0.2, 0) is 4.79 Å². The maximum Gasteiger partial charge on any atom is 0.240 e. The van der Waals surface area contributed by atoms with Crippen molar-refractivity contribution in [2.45, 2.75) is 85.0 Å². The number of aryl methyl sites for hydroxylation is 1. The SMILES string of the molecule is CCCCCCCCCCC(=O)NN=C(CC)c1ccc(C)cc1. The Kier molecular flexibility index (Phi) is 10.8. The number of nitrogens with zero attached hydrogens (tertiary/aromatic N) is 1. The van der Waals surface area contributed by atoms with Crippen LogP contribution in [0.2, 0.25) is 0 Å². The molecule has 24 heavy (non-hydrogen) atoms. The number of carbonyl (C=O) groups excluding carboxylic acids is 1. The second-order valence-corrected chi connectivity index (χ2v) is 6.54. The number of hydrogen-bond acceptors (Lipinski definition) is 2. The Balaban J connectivity index is 2.22. The third-order valence-corrected chi connectivity index (χ3v) is 4.29. The molecular weight excluding hydrogens is 296 g/mol. The zero-order valence-corrected chi connectivity index (χ0v) is 15.7. The molecule has 0 bridgehead atoms. The van der Waals surface area contributed by atoms with Crippen molar-refractivity contribution in [1.29, 1.82) is 0 Å². The van der Waals surface area contributed by atoms with Crippen molar-refractivity contribution >= 4 is 11.6 Å². The Morgan fingerprint density at radius 3 is 2.08 bits per heavy atom. The molecule has 0 radical (unpaired) electrons. The molecule has 0 aliphatic carbocycles. The number of hydrogen-bond donors (Lipinski definition) is 1. The Hall–Kier alpha value is -1.64. The van der Waals surface area contributed by atoms with Gasteiger partial charge in [0.1, 0.15) is 0 Å². The van der Waals surface area contributed by atoms with Gasteiger partial charge in [-0.25, -0.2) is 5.43 Å². The lowest BCUT2D eigenvalue weighted by Gasteiger charge is -2.06. The van der Waals surface area contributed by atoms with Gasteiger partial charge in [-0.2, -0.15) is 5.10 Å². The van der Waals surface area contributed by atoms with Crippen LogP contribution >= 0.6 is 0 Å². The van der Waals surface area contributed by atoms with Gasteiger partial charge in [0.25, 0.3) is 0 Å². The van der Waals surface area contributed by atoms with E-state index in [0.29, 0.717) is 6.42 Å². The molecule has 3 nitrogen and oxygen atoms in total. The maximum absolute atomic E-state index is 11.9. The van der Waals surface area contributed by atoms with Gasteiger partial charge in [0, 0.05) is 6.42 Å². The van der Waals surface area contributed by atoms with E-state index in [9.17, 15) is 4.79 Å². The first kappa shape index (κ1) is 20.4. The molecule has 0 saturated heterocycles. The van der Waals surface area contributed by atoms with Crippen LogP contribution in [0.3, 0.4) is 0 Å². The van der Waals surface area contributed by atoms with Gasteiger partial charge in [-0.1, -0.05) is 88.6 Å². The predicted octanol–water partition coefficient (Wildman–Crippen LogP) is 5.76. The molecule has 3 heteroatoms. The molecule has 0 atom stereocenters. The number of amides is 1. The van der Waals surface area contributed by atoms with Crippen molar-refractivity contribution in [2.75, 3.05) is 0 Å². The monoisotopic (exact) mass is 330 g/mol. The van der Waals surface area contributed by atoms with Gasteiger partial charge in [-0.15, -0.1) is 0 Å². The third-order valence-electron chi connectivity index (χ3n) is 4.29. The minimum atomic E-state index is 0.0269. The molecule has 0 aromatic heterocycles. The average Bonchev–Trinajstić information content (AvgIpc) is 2.59. The largest absolute Gasteiger partial charge is 0.273 e. The Morgan fingerprint density at radius 2 is 1.50 bits per heavy atom. The van der Waals surface area contributed by atoms with Gasteiger partial charge >= 0.3 is 0 Å². The highest BCUT2D eigenvalue weighted by molar-refractivity contribution is 6.00. The molecule has 0 fully saturated rings. The summed E-state index contributed by atoms with van der Waals surface area (Å²) in [7, 11) is 0. The highest BCUT2D eigenvalue weighted by atomic mass is 16.2. The van der Waals surface area contributed by atoms with Crippen LogP contribution in [0.5, 0.6) is 0 Å². The van der Waals surface area contributed by atoms with Crippen molar-refractivity contribution in [1.82, 2.24) is 5.43 Å². The highest BCUT2D eigenvalue weighted by Gasteiger charge is 2.04. The van der Waals surface area contributed by atoms with E-state index in [4.69, 9.17) is 0 Å². The van der Waals surface area contributed by atoms with Gasteiger partial charge in [-0.05, 0) is 25.3 Å². The van der Waals surface area contributed by atoms with E-state index >= 15 is 0 Å². The van der Waals surface area contributed by atoms with E-state index in [1.165, 1.54) is 44.1 Å². The van der Waals surface area contributed by atoms with Crippen LogP contribution in [-0.4, -0.2) is 11.6 Å². The van der Waals surface area contributed by atoms with E-state index in [1.54, 1.807) is 0 Å².